The molecule has 2 aromatic heterocycles. The number of nitrogens with zero attached hydrogens (tertiary/aromatic N) is 5. The maximum absolute atomic E-state index is 5.16. The third kappa shape index (κ3) is 2.99. The van der Waals surface area contributed by atoms with Gasteiger partial charge in [-0.3, -0.25) is 4.68 Å². The van der Waals surface area contributed by atoms with Crippen molar-refractivity contribution < 1.29 is 4.74 Å². The van der Waals surface area contributed by atoms with Crippen molar-refractivity contribution >= 4 is 5.95 Å². The van der Waals surface area contributed by atoms with E-state index in [0.717, 1.165) is 38.4 Å². The molecular weight excluding hydrogens is 266 g/mol. The van der Waals surface area contributed by atoms with Gasteiger partial charge in [-0.05, 0) is 31.2 Å². The first-order chi connectivity index (χ1) is 10.3. The van der Waals surface area contributed by atoms with Gasteiger partial charge in [0.15, 0.2) is 0 Å². The minimum atomic E-state index is 0.590. The van der Waals surface area contributed by atoms with Crippen molar-refractivity contribution in [2.45, 2.75) is 32.2 Å². The SMILES string of the molecule is CCn1cc(C2CCN(c3nccc(OC)n3)CC2)cn1. The van der Waals surface area contributed by atoms with E-state index in [2.05, 4.69) is 33.1 Å². The minimum Gasteiger partial charge on any atom is -0.481 e. The Hall–Kier alpha value is -2.11. The molecule has 0 unspecified atom stereocenters. The van der Waals surface area contributed by atoms with E-state index >= 15 is 0 Å². The highest BCUT2D eigenvalue weighted by atomic mass is 16.5. The van der Waals surface area contributed by atoms with Crippen molar-refractivity contribution in [2.75, 3.05) is 25.1 Å². The third-order valence-electron chi connectivity index (χ3n) is 4.05. The average Bonchev–Trinajstić information content (AvgIpc) is 3.04. The zero-order valence-electron chi connectivity index (χ0n) is 12.6. The molecule has 1 saturated heterocycles. The number of hydrogen-bond donors (Lipinski definition) is 0. The van der Waals surface area contributed by atoms with Crippen molar-refractivity contribution in [1.29, 1.82) is 0 Å². The summed E-state index contributed by atoms with van der Waals surface area (Å²) >= 11 is 0. The van der Waals surface area contributed by atoms with E-state index in [0.29, 0.717) is 11.8 Å². The standard InChI is InChI=1S/C15H21N5O/c1-3-20-11-13(10-17-20)12-5-8-19(9-6-12)15-16-7-4-14(18-15)21-2/h4,7,10-12H,3,5-6,8-9H2,1-2H3. The zero-order valence-corrected chi connectivity index (χ0v) is 12.6. The molecule has 0 spiro atoms. The molecule has 0 amide bonds. The molecule has 0 radical (unpaired) electrons. The topological polar surface area (TPSA) is 56.1 Å². The van der Waals surface area contributed by atoms with Crippen LogP contribution in [0.5, 0.6) is 5.88 Å². The van der Waals surface area contributed by atoms with Crippen molar-refractivity contribution in [3.05, 3.63) is 30.2 Å². The summed E-state index contributed by atoms with van der Waals surface area (Å²) in [4.78, 5) is 11.0. The third-order valence-corrected chi connectivity index (χ3v) is 4.05. The number of aromatic nitrogens is 4. The zero-order chi connectivity index (χ0) is 14.7. The van der Waals surface area contributed by atoms with Crippen LogP contribution in [0.15, 0.2) is 24.7 Å². The van der Waals surface area contributed by atoms with Gasteiger partial charge in [0, 0.05) is 38.1 Å². The number of rotatable bonds is 4. The van der Waals surface area contributed by atoms with E-state index < -0.39 is 0 Å². The molecule has 0 atom stereocenters. The van der Waals surface area contributed by atoms with Crippen LogP contribution in [0, 0.1) is 0 Å². The maximum Gasteiger partial charge on any atom is 0.228 e. The fraction of sp³-hybridized carbons (Fsp3) is 0.533. The molecule has 1 fully saturated rings. The Kier molecular flexibility index (Phi) is 4.03. The van der Waals surface area contributed by atoms with E-state index in [1.807, 2.05) is 10.9 Å². The van der Waals surface area contributed by atoms with Crippen molar-refractivity contribution in [2.24, 2.45) is 0 Å². The van der Waals surface area contributed by atoms with E-state index in [9.17, 15) is 0 Å². The van der Waals surface area contributed by atoms with Crippen LogP contribution in [0.25, 0.3) is 0 Å². The van der Waals surface area contributed by atoms with Crippen LogP contribution in [0.4, 0.5) is 5.95 Å². The summed E-state index contributed by atoms with van der Waals surface area (Å²) in [6.07, 6.45) is 8.14. The molecule has 0 bridgehead atoms. The molecule has 6 heteroatoms. The molecule has 0 N–H and O–H groups in total. The van der Waals surface area contributed by atoms with Crippen LogP contribution < -0.4 is 9.64 Å². The molecule has 112 valence electrons. The van der Waals surface area contributed by atoms with Crippen LogP contribution in [0.1, 0.15) is 31.2 Å². The van der Waals surface area contributed by atoms with Gasteiger partial charge in [-0.2, -0.15) is 10.1 Å². The molecule has 0 aromatic carbocycles. The second-order valence-corrected chi connectivity index (χ2v) is 5.29. The highest BCUT2D eigenvalue weighted by Crippen LogP contribution is 2.29. The molecule has 21 heavy (non-hydrogen) atoms. The first-order valence-electron chi connectivity index (χ1n) is 7.44. The van der Waals surface area contributed by atoms with Crippen LogP contribution in [0.3, 0.4) is 0 Å². The largest absolute Gasteiger partial charge is 0.481 e. The van der Waals surface area contributed by atoms with Gasteiger partial charge in [0.2, 0.25) is 11.8 Å². The van der Waals surface area contributed by atoms with E-state index in [1.54, 1.807) is 19.4 Å². The summed E-state index contributed by atoms with van der Waals surface area (Å²) in [6, 6.07) is 1.77. The summed E-state index contributed by atoms with van der Waals surface area (Å²) in [6.45, 7) is 4.97. The molecule has 0 aliphatic carbocycles. The van der Waals surface area contributed by atoms with E-state index in [-0.39, 0.29) is 0 Å². The lowest BCUT2D eigenvalue weighted by atomic mass is 9.92. The van der Waals surface area contributed by atoms with Gasteiger partial charge in [-0.1, -0.05) is 0 Å². The fourth-order valence-corrected chi connectivity index (χ4v) is 2.77. The predicted octanol–water partition coefficient (Wildman–Crippen LogP) is 2.09. The van der Waals surface area contributed by atoms with Crippen LogP contribution in [-0.4, -0.2) is 39.9 Å². The molecule has 6 nitrogen and oxygen atoms in total. The summed E-state index contributed by atoms with van der Waals surface area (Å²) in [7, 11) is 1.63. The lowest BCUT2D eigenvalue weighted by Crippen LogP contribution is -2.34. The Bertz CT molecular complexity index is 589. The van der Waals surface area contributed by atoms with Gasteiger partial charge < -0.3 is 9.64 Å². The van der Waals surface area contributed by atoms with Gasteiger partial charge in [0.1, 0.15) is 0 Å². The number of piperidine rings is 1. The fourth-order valence-electron chi connectivity index (χ4n) is 2.77. The van der Waals surface area contributed by atoms with Gasteiger partial charge in [-0.15, -0.1) is 0 Å². The van der Waals surface area contributed by atoms with Crippen LogP contribution in [-0.2, 0) is 6.54 Å². The van der Waals surface area contributed by atoms with Crippen LogP contribution >= 0.6 is 0 Å². The lowest BCUT2D eigenvalue weighted by molar-refractivity contribution is 0.395. The number of anilines is 1. The highest BCUT2D eigenvalue weighted by molar-refractivity contribution is 5.33. The minimum absolute atomic E-state index is 0.590. The lowest BCUT2D eigenvalue weighted by Gasteiger charge is -2.31. The molecule has 2 aromatic rings. The Morgan fingerprint density at radius 2 is 2.14 bits per heavy atom. The normalized spacial score (nSPS) is 16.2. The van der Waals surface area contributed by atoms with Gasteiger partial charge in [0.25, 0.3) is 0 Å². The Balaban J connectivity index is 1.64. The monoisotopic (exact) mass is 287 g/mol. The van der Waals surface area contributed by atoms with Gasteiger partial charge >= 0.3 is 0 Å². The van der Waals surface area contributed by atoms with Crippen molar-refractivity contribution in [1.82, 2.24) is 19.7 Å². The Morgan fingerprint density at radius 3 is 2.81 bits per heavy atom. The summed E-state index contributed by atoms with van der Waals surface area (Å²) < 4.78 is 7.16. The second kappa shape index (κ2) is 6.11. The van der Waals surface area contributed by atoms with Gasteiger partial charge in [-0.25, -0.2) is 4.98 Å². The Morgan fingerprint density at radius 1 is 1.33 bits per heavy atom. The second-order valence-electron chi connectivity index (χ2n) is 5.29. The van der Waals surface area contributed by atoms with Crippen LogP contribution in [0.2, 0.25) is 0 Å². The molecule has 3 heterocycles. The number of ether oxygens (including phenoxy) is 1. The molecular formula is C15H21N5O. The molecule has 1 aliphatic rings. The van der Waals surface area contributed by atoms with E-state index in [4.69, 9.17) is 4.74 Å². The highest BCUT2D eigenvalue weighted by Gasteiger charge is 2.23. The van der Waals surface area contributed by atoms with E-state index in [1.165, 1.54) is 5.56 Å². The summed E-state index contributed by atoms with van der Waals surface area (Å²) in [5, 5.41) is 4.37. The predicted molar refractivity (Wildman–Crippen MR) is 80.7 cm³/mol. The first-order valence-corrected chi connectivity index (χ1v) is 7.44. The number of methoxy groups -OCH3 is 1. The number of hydrogen-bond acceptors (Lipinski definition) is 5. The molecule has 3 rings (SSSR count). The summed E-state index contributed by atoms with van der Waals surface area (Å²) in [5.41, 5.74) is 1.35. The maximum atomic E-state index is 5.16. The Labute approximate surface area is 124 Å². The number of aryl methyl sites for hydroxylation is 1. The first kappa shape index (κ1) is 13.9. The quantitative estimate of drug-likeness (QED) is 0.862. The summed E-state index contributed by atoms with van der Waals surface area (Å²) in [5.74, 6) is 1.97. The van der Waals surface area contributed by atoms with Crippen molar-refractivity contribution in [3.63, 3.8) is 0 Å². The molecule has 1 aliphatic heterocycles. The smallest absolute Gasteiger partial charge is 0.228 e. The molecule has 0 saturated carbocycles. The van der Waals surface area contributed by atoms with Crippen molar-refractivity contribution in [3.8, 4) is 5.88 Å². The average molecular weight is 287 g/mol. The van der Waals surface area contributed by atoms with Gasteiger partial charge in [0.05, 0.1) is 13.3 Å².